The Balaban J connectivity index is 1.55. The van der Waals surface area contributed by atoms with E-state index in [1.807, 2.05) is 4.90 Å². The Hall–Kier alpha value is -3.26. The molecule has 26 heavy (non-hydrogen) atoms. The lowest BCUT2D eigenvalue weighted by Crippen LogP contribution is -2.35. The molecular weight excluding hydrogens is 336 g/mol. The molecule has 0 aromatic carbocycles. The van der Waals surface area contributed by atoms with Crippen LogP contribution in [0.3, 0.4) is 0 Å². The highest BCUT2D eigenvalue weighted by molar-refractivity contribution is 5.84. The Bertz CT molecular complexity index is 1010. The molecule has 0 bridgehead atoms. The molecule has 4 rings (SSSR count). The molecule has 0 fully saturated rings. The van der Waals surface area contributed by atoms with Gasteiger partial charge in [-0.3, -0.25) is 14.7 Å². The number of aromatic carboxylic acids is 1. The van der Waals surface area contributed by atoms with E-state index in [4.69, 9.17) is 9.52 Å². The van der Waals surface area contributed by atoms with Crippen LogP contribution in [0.2, 0.25) is 0 Å². The molecule has 0 unspecified atom stereocenters. The van der Waals surface area contributed by atoms with Gasteiger partial charge in [-0.15, -0.1) is 0 Å². The molecule has 0 radical (unpaired) electrons. The maximum Gasteiger partial charge on any atom is 0.371 e. The number of fused-ring (bicyclic) bond motifs is 1. The van der Waals surface area contributed by atoms with Gasteiger partial charge < -0.3 is 14.5 Å². The number of hydrogen-bond acceptors (Lipinski definition) is 6. The number of carboxylic acid groups (broad SMARTS) is 1. The fourth-order valence-corrected chi connectivity index (χ4v) is 3.06. The van der Waals surface area contributed by atoms with Gasteiger partial charge in [0.25, 0.3) is 5.56 Å². The van der Waals surface area contributed by atoms with E-state index in [2.05, 4.69) is 15.0 Å². The Morgan fingerprint density at radius 1 is 1.27 bits per heavy atom. The molecule has 132 valence electrons. The van der Waals surface area contributed by atoms with Gasteiger partial charge in [-0.05, 0) is 24.3 Å². The lowest BCUT2D eigenvalue weighted by atomic mass is 10.1. The monoisotopic (exact) mass is 352 g/mol. The van der Waals surface area contributed by atoms with Gasteiger partial charge in [0.05, 0.1) is 17.8 Å². The number of hydrogen-bond donors (Lipinski definition) is 2. The van der Waals surface area contributed by atoms with Gasteiger partial charge in [0.1, 0.15) is 11.6 Å². The average Bonchev–Trinajstić information content (AvgIpc) is 3.12. The Morgan fingerprint density at radius 3 is 2.81 bits per heavy atom. The minimum Gasteiger partial charge on any atom is -0.475 e. The number of nitrogens with zero attached hydrogens (tertiary/aromatic N) is 3. The Labute approximate surface area is 148 Å². The first-order chi connectivity index (χ1) is 12.6. The van der Waals surface area contributed by atoms with E-state index < -0.39 is 5.97 Å². The van der Waals surface area contributed by atoms with E-state index in [9.17, 15) is 9.59 Å². The van der Waals surface area contributed by atoms with Crippen molar-refractivity contribution in [2.45, 2.75) is 19.5 Å². The fraction of sp³-hybridized carbons (Fsp3) is 0.222. The largest absolute Gasteiger partial charge is 0.475 e. The second kappa shape index (κ2) is 6.57. The van der Waals surface area contributed by atoms with Gasteiger partial charge in [0.2, 0.25) is 5.76 Å². The van der Waals surface area contributed by atoms with E-state index >= 15 is 0 Å². The lowest BCUT2D eigenvalue weighted by molar-refractivity contribution is 0.0658. The van der Waals surface area contributed by atoms with Gasteiger partial charge in [0.15, 0.2) is 0 Å². The van der Waals surface area contributed by atoms with Crippen LogP contribution in [0.1, 0.15) is 27.6 Å². The van der Waals surface area contributed by atoms with Crippen molar-refractivity contribution in [3.8, 4) is 11.4 Å². The third kappa shape index (κ3) is 3.14. The molecule has 8 heteroatoms. The first kappa shape index (κ1) is 16.2. The van der Waals surface area contributed by atoms with Crippen LogP contribution >= 0.6 is 0 Å². The number of aromatic amines is 1. The third-order valence-electron chi connectivity index (χ3n) is 4.35. The minimum atomic E-state index is -1.09. The van der Waals surface area contributed by atoms with Crippen LogP contribution in [-0.4, -0.2) is 37.5 Å². The first-order valence-corrected chi connectivity index (χ1v) is 8.17. The first-order valence-electron chi connectivity index (χ1n) is 8.17. The second-order valence-electron chi connectivity index (χ2n) is 6.11. The zero-order chi connectivity index (χ0) is 18.1. The summed E-state index contributed by atoms with van der Waals surface area (Å²) in [6.07, 6.45) is 3.96. The molecule has 8 nitrogen and oxygen atoms in total. The molecule has 0 spiro atoms. The maximum absolute atomic E-state index is 12.5. The molecule has 0 saturated carbocycles. The normalized spacial score (nSPS) is 14.2. The van der Waals surface area contributed by atoms with E-state index in [0.29, 0.717) is 43.2 Å². The molecule has 0 amide bonds. The highest BCUT2D eigenvalue weighted by Gasteiger charge is 2.22. The molecule has 3 aromatic heterocycles. The molecule has 0 saturated heterocycles. The predicted molar refractivity (Wildman–Crippen MR) is 91.6 cm³/mol. The number of pyridine rings is 1. The summed E-state index contributed by atoms with van der Waals surface area (Å²) in [6, 6.07) is 6.69. The predicted octanol–water partition coefficient (Wildman–Crippen LogP) is 1.68. The van der Waals surface area contributed by atoms with Crippen molar-refractivity contribution >= 4 is 5.97 Å². The molecular formula is C18H16N4O4. The fourth-order valence-electron chi connectivity index (χ4n) is 3.06. The number of aromatic nitrogens is 3. The van der Waals surface area contributed by atoms with E-state index in [1.54, 1.807) is 30.6 Å². The average molecular weight is 352 g/mol. The van der Waals surface area contributed by atoms with Crippen LogP contribution in [-0.2, 0) is 19.5 Å². The van der Waals surface area contributed by atoms with Crippen molar-refractivity contribution in [3.63, 3.8) is 0 Å². The number of H-pyrrole nitrogens is 1. The molecule has 0 atom stereocenters. The number of carboxylic acids is 1. The van der Waals surface area contributed by atoms with Crippen LogP contribution in [0.25, 0.3) is 11.4 Å². The molecule has 4 heterocycles. The summed E-state index contributed by atoms with van der Waals surface area (Å²) in [7, 11) is 0. The summed E-state index contributed by atoms with van der Waals surface area (Å²) in [5.74, 6) is -0.0752. The van der Waals surface area contributed by atoms with Gasteiger partial charge in [0, 0.05) is 37.5 Å². The number of nitrogens with one attached hydrogen (secondary N) is 1. The number of rotatable bonds is 4. The van der Waals surface area contributed by atoms with Gasteiger partial charge in [-0.2, -0.15) is 0 Å². The van der Waals surface area contributed by atoms with Crippen LogP contribution < -0.4 is 5.56 Å². The Kier molecular flexibility index (Phi) is 4.10. The van der Waals surface area contributed by atoms with Gasteiger partial charge in [-0.1, -0.05) is 0 Å². The van der Waals surface area contributed by atoms with Crippen LogP contribution in [0.5, 0.6) is 0 Å². The molecule has 1 aliphatic rings. The Morgan fingerprint density at radius 2 is 2.08 bits per heavy atom. The zero-order valence-electron chi connectivity index (χ0n) is 13.8. The highest BCUT2D eigenvalue weighted by atomic mass is 16.4. The maximum atomic E-state index is 12.5. The smallest absolute Gasteiger partial charge is 0.371 e. The standard InChI is InChI=1S/C18H16N4O4/c23-17-13-10-22(9-12-1-2-15(26-12)18(24)25)8-5-14(13)20-16(21-17)11-3-6-19-7-4-11/h1-4,6-7H,5,8-10H2,(H,24,25)(H,20,21,23). The number of carbonyl (C=O) groups is 1. The summed E-state index contributed by atoms with van der Waals surface area (Å²) in [5.41, 5.74) is 2.10. The van der Waals surface area contributed by atoms with Crippen molar-refractivity contribution in [2.75, 3.05) is 6.54 Å². The highest BCUT2D eigenvalue weighted by Crippen LogP contribution is 2.20. The second-order valence-corrected chi connectivity index (χ2v) is 6.11. The van der Waals surface area contributed by atoms with Gasteiger partial charge in [-0.25, -0.2) is 9.78 Å². The van der Waals surface area contributed by atoms with E-state index in [1.165, 1.54) is 6.07 Å². The van der Waals surface area contributed by atoms with Gasteiger partial charge >= 0.3 is 5.97 Å². The molecule has 3 aromatic rings. The number of furan rings is 1. The molecule has 2 N–H and O–H groups in total. The van der Waals surface area contributed by atoms with Crippen LogP contribution in [0.4, 0.5) is 0 Å². The third-order valence-corrected chi connectivity index (χ3v) is 4.35. The minimum absolute atomic E-state index is 0.0843. The quantitative estimate of drug-likeness (QED) is 0.734. The summed E-state index contributed by atoms with van der Waals surface area (Å²) >= 11 is 0. The van der Waals surface area contributed by atoms with Crippen molar-refractivity contribution in [1.82, 2.24) is 19.9 Å². The van der Waals surface area contributed by atoms with Crippen molar-refractivity contribution in [1.29, 1.82) is 0 Å². The summed E-state index contributed by atoms with van der Waals surface area (Å²) in [4.78, 5) is 36.9. The summed E-state index contributed by atoms with van der Waals surface area (Å²) in [5, 5.41) is 8.93. The summed E-state index contributed by atoms with van der Waals surface area (Å²) < 4.78 is 5.29. The van der Waals surface area contributed by atoms with Crippen molar-refractivity contribution in [3.05, 3.63) is 69.8 Å². The van der Waals surface area contributed by atoms with Crippen molar-refractivity contribution in [2.24, 2.45) is 0 Å². The SMILES string of the molecule is O=C(O)c1ccc(CN2CCc3nc(-c4ccncc4)[nH]c(=O)c3C2)o1. The van der Waals surface area contributed by atoms with Crippen LogP contribution in [0, 0.1) is 0 Å². The topological polar surface area (TPSA) is 112 Å². The summed E-state index contributed by atoms with van der Waals surface area (Å²) in [6.45, 7) is 1.60. The molecule has 1 aliphatic heterocycles. The van der Waals surface area contributed by atoms with E-state index in [-0.39, 0.29) is 11.3 Å². The zero-order valence-corrected chi connectivity index (χ0v) is 13.8. The van der Waals surface area contributed by atoms with E-state index in [0.717, 1.165) is 11.3 Å². The van der Waals surface area contributed by atoms with Crippen molar-refractivity contribution < 1.29 is 14.3 Å². The molecule has 0 aliphatic carbocycles. The lowest BCUT2D eigenvalue weighted by Gasteiger charge is -2.26. The van der Waals surface area contributed by atoms with Crippen LogP contribution in [0.15, 0.2) is 45.9 Å².